The first-order valence-corrected chi connectivity index (χ1v) is 9.77. The molecule has 0 atom stereocenters. The third kappa shape index (κ3) is 5.17. The molecule has 0 aliphatic heterocycles. The van der Waals surface area contributed by atoms with Crippen LogP contribution in [-0.4, -0.2) is 17.8 Å². The van der Waals surface area contributed by atoms with Crippen molar-refractivity contribution in [1.29, 1.82) is 0 Å². The zero-order valence-corrected chi connectivity index (χ0v) is 17.4. The molecule has 148 valence electrons. The highest BCUT2D eigenvalue weighted by molar-refractivity contribution is 6.36. The van der Waals surface area contributed by atoms with Crippen molar-refractivity contribution in [1.82, 2.24) is 0 Å². The van der Waals surface area contributed by atoms with E-state index >= 15 is 0 Å². The molecule has 0 aromatic heterocycles. The van der Waals surface area contributed by atoms with E-state index in [1.807, 2.05) is 13.8 Å². The molecule has 3 aromatic rings. The highest BCUT2D eigenvalue weighted by Gasteiger charge is 2.18. The van der Waals surface area contributed by atoms with Crippen LogP contribution < -0.4 is 10.1 Å². The first-order valence-electron chi connectivity index (χ1n) is 9.02. The van der Waals surface area contributed by atoms with Gasteiger partial charge in [-0.15, -0.1) is 0 Å². The van der Waals surface area contributed by atoms with Crippen LogP contribution in [0.3, 0.4) is 0 Å². The monoisotopic (exact) mass is 427 g/mol. The van der Waals surface area contributed by atoms with Gasteiger partial charge in [-0.05, 0) is 68.4 Å². The quantitative estimate of drug-likeness (QED) is 0.471. The third-order valence-electron chi connectivity index (χ3n) is 4.08. The number of benzene rings is 3. The number of nitrogens with one attached hydrogen (secondary N) is 1. The lowest BCUT2D eigenvalue weighted by molar-refractivity contribution is 0.102. The molecule has 3 aromatic carbocycles. The minimum atomic E-state index is -0.350. The lowest BCUT2D eigenvalue weighted by Gasteiger charge is -2.13. The Kier molecular flexibility index (Phi) is 6.57. The molecule has 0 aliphatic rings. The van der Waals surface area contributed by atoms with Crippen LogP contribution in [0.15, 0.2) is 66.7 Å². The second-order valence-electron chi connectivity index (χ2n) is 6.64. The Hall–Kier alpha value is -2.82. The Morgan fingerprint density at radius 3 is 2.24 bits per heavy atom. The number of ether oxygens (including phenoxy) is 1. The Balaban J connectivity index is 1.87. The van der Waals surface area contributed by atoms with Crippen LogP contribution in [0, 0.1) is 0 Å². The molecule has 0 saturated heterocycles. The molecule has 0 spiro atoms. The minimum Gasteiger partial charge on any atom is -0.491 e. The van der Waals surface area contributed by atoms with Gasteiger partial charge in [0.1, 0.15) is 5.75 Å². The predicted molar refractivity (Wildman–Crippen MR) is 116 cm³/mol. The number of halogens is 2. The van der Waals surface area contributed by atoms with Crippen molar-refractivity contribution in [3.8, 4) is 5.75 Å². The largest absolute Gasteiger partial charge is 0.491 e. The zero-order valence-electron chi connectivity index (χ0n) is 15.9. The maximum atomic E-state index is 13.0. The fourth-order valence-corrected chi connectivity index (χ4v) is 3.15. The number of carbonyl (C=O) groups is 2. The normalized spacial score (nSPS) is 10.7. The molecule has 0 radical (unpaired) electrons. The predicted octanol–water partition coefficient (Wildman–Crippen LogP) is 6.26. The lowest BCUT2D eigenvalue weighted by atomic mass is 10.0. The summed E-state index contributed by atoms with van der Waals surface area (Å²) < 4.78 is 5.59. The molecule has 3 rings (SSSR count). The van der Waals surface area contributed by atoms with E-state index in [0.29, 0.717) is 32.6 Å². The zero-order chi connectivity index (χ0) is 21.0. The van der Waals surface area contributed by atoms with E-state index in [2.05, 4.69) is 5.32 Å². The number of amides is 1. The van der Waals surface area contributed by atoms with Crippen molar-refractivity contribution in [3.05, 3.63) is 93.5 Å². The molecule has 0 saturated carbocycles. The molecule has 0 unspecified atom stereocenters. The van der Waals surface area contributed by atoms with Crippen molar-refractivity contribution in [2.75, 3.05) is 5.32 Å². The Morgan fingerprint density at radius 2 is 1.59 bits per heavy atom. The molecule has 0 heterocycles. The molecule has 1 N–H and O–H groups in total. The number of hydrogen-bond acceptors (Lipinski definition) is 3. The van der Waals surface area contributed by atoms with E-state index < -0.39 is 0 Å². The van der Waals surface area contributed by atoms with Gasteiger partial charge in [0.2, 0.25) is 0 Å². The topological polar surface area (TPSA) is 55.4 Å². The number of hydrogen-bond donors (Lipinski definition) is 1. The molecule has 0 fully saturated rings. The van der Waals surface area contributed by atoms with Gasteiger partial charge in [0.15, 0.2) is 5.78 Å². The van der Waals surface area contributed by atoms with E-state index in [-0.39, 0.29) is 23.4 Å². The summed E-state index contributed by atoms with van der Waals surface area (Å²) in [5.41, 5.74) is 1.39. The number of ketones is 1. The number of rotatable bonds is 6. The second kappa shape index (κ2) is 9.12. The Morgan fingerprint density at radius 1 is 0.897 bits per heavy atom. The first kappa shape index (κ1) is 20.9. The molecular weight excluding hydrogens is 409 g/mol. The van der Waals surface area contributed by atoms with Gasteiger partial charge in [-0.3, -0.25) is 9.59 Å². The molecule has 6 heteroatoms. The van der Waals surface area contributed by atoms with Gasteiger partial charge in [0.05, 0.1) is 16.8 Å². The second-order valence-corrected chi connectivity index (χ2v) is 7.49. The van der Waals surface area contributed by atoms with E-state index in [4.69, 9.17) is 27.9 Å². The van der Waals surface area contributed by atoms with E-state index in [0.717, 1.165) is 0 Å². The average Bonchev–Trinajstić information content (AvgIpc) is 2.69. The summed E-state index contributed by atoms with van der Waals surface area (Å²) >= 11 is 12.2. The van der Waals surface area contributed by atoms with Crippen LogP contribution in [0.4, 0.5) is 5.69 Å². The smallest absolute Gasteiger partial charge is 0.255 e. The summed E-state index contributed by atoms with van der Waals surface area (Å²) in [6.45, 7) is 3.86. The van der Waals surface area contributed by atoms with Gasteiger partial charge in [0, 0.05) is 21.7 Å². The number of anilines is 1. The van der Waals surface area contributed by atoms with Gasteiger partial charge in [-0.2, -0.15) is 0 Å². The maximum absolute atomic E-state index is 13.0. The summed E-state index contributed by atoms with van der Waals surface area (Å²) in [7, 11) is 0. The highest BCUT2D eigenvalue weighted by Crippen LogP contribution is 2.27. The summed E-state index contributed by atoms with van der Waals surface area (Å²) in [5.74, 6) is 0.00309. The molecule has 0 bridgehead atoms. The van der Waals surface area contributed by atoms with Gasteiger partial charge in [0.25, 0.3) is 5.91 Å². The van der Waals surface area contributed by atoms with Gasteiger partial charge < -0.3 is 10.1 Å². The van der Waals surface area contributed by atoms with Crippen LogP contribution in [0.5, 0.6) is 5.75 Å². The fraction of sp³-hybridized carbons (Fsp3) is 0.130. The standard InChI is InChI=1S/C23H19Cl2NO3/c1-14(2)29-17-10-7-15(8-11-17)23(28)26-21-12-9-16(24)13-19(21)22(27)18-5-3-4-6-20(18)25/h3-14H,1-2H3,(H,26,28). The third-order valence-corrected chi connectivity index (χ3v) is 4.65. The van der Waals surface area contributed by atoms with Gasteiger partial charge >= 0.3 is 0 Å². The minimum absolute atomic E-state index is 0.0436. The van der Waals surface area contributed by atoms with Crippen molar-refractivity contribution in [3.63, 3.8) is 0 Å². The summed E-state index contributed by atoms with van der Waals surface area (Å²) in [6, 6.07) is 18.2. The van der Waals surface area contributed by atoms with Crippen LogP contribution in [0.25, 0.3) is 0 Å². The molecule has 4 nitrogen and oxygen atoms in total. The molecule has 1 amide bonds. The van der Waals surface area contributed by atoms with Gasteiger partial charge in [-0.1, -0.05) is 35.3 Å². The maximum Gasteiger partial charge on any atom is 0.255 e. The number of carbonyl (C=O) groups excluding carboxylic acids is 2. The Bertz CT molecular complexity index is 1050. The van der Waals surface area contributed by atoms with Crippen molar-refractivity contribution >= 4 is 40.6 Å². The van der Waals surface area contributed by atoms with Crippen LogP contribution >= 0.6 is 23.2 Å². The summed E-state index contributed by atoms with van der Waals surface area (Å²) in [5, 5.41) is 3.49. The van der Waals surface area contributed by atoms with Crippen LogP contribution in [0.1, 0.15) is 40.1 Å². The summed E-state index contributed by atoms with van der Waals surface area (Å²) in [4.78, 5) is 25.7. The molecule has 0 aliphatic carbocycles. The van der Waals surface area contributed by atoms with Crippen molar-refractivity contribution in [2.45, 2.75) is 20.0 Å². The van der Waals surface area contributed by atoms with Crippen molar-refractivity contribution < 1.29 is 14.3 Å². The van der Waals surface area contributed by atoms with E-state index in [1.165, 1.54) is 6.07 Å². The van der Waals surface area contributed by atoms with E-state index in [1.54, 1.807) is 60.7 Å². The summed E-state index contributed by atoms with van der Waals surface area (Å²) in [6.07, 6.45) is 0.0436. The average molecular weight is 428 g/mol. The van der Waals surface area contributed by atoms with Crippen LogP contribution in [0.2, 0.25) is 10.0 Å². The van der Waals surface area contributed by atoms with E-state index in [9.17, 15) is 9.59 Å². The van der Waals surface area contributed by atoms with Crippen LogP contribution in [-0.2, 0) is 0 Å². The fourth-order valence-electron chi connectivity index (χ4n) is 2.76. The molecule has 29 heavy (non-hydrogen) atoms. The Labute approximate surface area is 179 Å². The SMILES string of the molecule is CC(C)Oc1ccc(C(=O)Nc2ccc(Cl)cc2C(=O)c2ccccc2Cl)cc1. The van der Waals surface area contributed by atoms with Crippen molar-refractivity contribution in [2.24, 2.45) is 0 Å². The highest BCUT2D eigenvalue weighted by atomic mass is 35.5. The van der Waals surface area contributed by atoms with Gasteiger partial charge in [-0.25, -0.2) is 0 Å². The lowest BCUT2D eigenvalue weighted by Crippen LogP contribution is -2.15. The first-order chi connectivity index (χ1) is 13.8. The molecular formula is C23H19Cl2NO3.